The highest BCUT2D eigenvalue weighted by molar-refractivity contribution is 5.91. The van der Waals surface area contributed by atoms with Crippen LogP contribution in [-0.4, -0.2) is 59.6 Å². The highest BCUT2D eigenvalue weighted by Gasteiger charge is 2.53. The van der Waals surface area contributed by atoms with Gasteiger partial charge in [-0.2, -0.15) is 0 Å². The molecule has 1 aliphatic heterocycles. The summed E-state index contributed by atoms with van der Waals surface area (Å²) in [6, 6.07) is 6.36. The van der Waals surface area contributed by atoms with Crippen LogP contribution in [0.25, 0.3) is 0 Å². The molecule has 1 N–H and O–H groups in total. The van der Waals surface area contributed by atoms with Crippen LogP contribution in [0.5, 0.6) is 0 Å². The zero-order chi connectivity index (χ0) is 16.4. The van der Waals surface area contributed by atoms with Gasteiger partial charge in [-0.1, -0.05) is 19.1 Å². The number of amides is 1. The second-order valence-corrected chi connectivity index (χ2v) is 6.74. The highest BCUT2D eigenvalue weighted by Crippen LogP contribution is 2.49. The van der Waals surface area contributed by atoms with Crippen molar-refractivity contribution < 1.29 is 14.3 Å². The van der Waals surface area contributed by atoms with E-state index in [2.05, 4.69) is 4.90 Å². The second kappa shape index (κ2) is 6.57. The zero-order valence-electron chi connectivity index (χ0n) is 13.7. The van der Waals surface area contributed by atoms with Gasteiger partial charge in [0, 0.05) is 32.7 Å². The van der Waals surface area contributed by atoms with Crippen LogP contribution in [0.1, 0.15) is 31.7 Å². The van der Waals surface area contributed by atoms with E-state index < -0.39 is 5.41 Å². The minimum absolute atomic E-state index is 0.180. The van der Waals surface area contributed by atoms with E-state index in [1.165, 1.54) is 12.1 Å². The molecule has 2 fully saturated rings. The van der Waals surface area contributed by atoms with Crippen molar-refractivity contribution in [3.63, 3.8) is 0 Å². The zero-order valence-corrected chi connectivity index (χ0v) is 13.7. The van der Waals surface area contributed by atoms with Crippen LogP contribution in [0.15, 0.2) is 24.3 Å². The topological polar surface area (TPSA) is 43.8 Å². The molecule has 0 unspecified atom stereocenters. The Morgan fingerprint density at radius 3 is 2.35 bits per heavy atom. The number of hydrogen-bond donors (Lipinski definition) is 1. The number of rotatable bonds is 5. The van der Waals surface area contributed by atoms with E-state index in [0.29, 0.717) is 19.6 Å². The van der Waals surface area contributed by atoms with E-state index in [-0.39, 0.29) is 17.8 Å². The molecule has 23 heavy (non-hydrogen) atoms. The fourth-order valence-corrected chi connectivity index (χ4v) is 3.38. The number of piperazine rings is 1. The molecule has 1 aromatic rings. The van der Waals surface area contributed by atoms with Crippen LogP contribution in [0, 0.1) is 5.82 Å². The fourth-order valence-electron chi connectivity index (χ4n) is 3.38. The quantitative estimate of drug-likeness (QED) is 0.899. The lowest BCUT2D eigenvalue weighted by Crippen LogP contribution is -2.52. The summed E-state index contributed by atoms with van der Waals surface area (Å²) in [5.74, 6) is -0.0834. The van der Waals surface area contributed by atoms with Gasteiger partial charge in [-0.15, -0.1) is 0 Å². The van der Waals surface area contributed by atoms with Gasteiger partial charge in [0.15, 0.2) is 0 Å². The molecule has 126 valence electrons. The number of carbonyl (C=O) groups is 1. The third-order valence-electron chi connectivity index (χ3n) is 5.16. The average molecular weight is 320 g/mol. The van der Waals surface area contributed by atoms with Crippen LogP contribution in [0.4, 0.5) is 4.39 Å². The molecule has 1 saturated heterocycles. The largest absolute Gasteiger partial charge is 0.392 e. The van der Waals surface area contributed by atoms with E-state index >= 15 is 0 Å². The molecule has 1 aliphatic carbocycles. The normalized spacial score (nSPS) is 22.0. The summed E-state index contributed by atoms with van der Waals surface area (Å²) in [4.78, 5) is 17.1. The van der Waals surface area contributed by atoms with E-state index in [1.54, 1.807) is 12.1 Å². The van der Waals surface area contributed by atoms with Crippen molar-refractivity contribution in [2.75, 3.05) is 32.7 Å². The van der Waals surface area contributed by atoms with Gasteiger partial charge in [0.25, 0.3) is 0 Å². The van der Waals surface area contributed by atoms with Crippen LogP contribution >= 0.6 is 0 Å². The van der Waals surface area contributed by atoms with Crippen molar-refractivity contribution in [2.45, 2.75) is 37.7 Å². The van der Waals surface area contributed by atoms with E-state index in [1.807, 2.05) is 11.8 Å². The van der Waals surface area contributed by atoms with Crippen LogP contribution < -0.4 is 0 Å². The average Bonchev–Trinajstić information content (AvgIpc) is 3.37. The van der Waals surface area contributed by atoms with E-state index in [0.717, 1.165) is 37.9 Å². The van der Waals surface area contributed by atoms with Crippen LogP contribution in [0.2, 0.25) is 0 Å². The van der Waals surface area contributed by atoms with Crippen LogP contribution in [0.3, 0.4) is 0 Å². The smallest absolute Gasteiger partial charge is 0.233 e. The summed E-state index contributed by atoms with van der Waals surface area (Å²) in [6.07, 6.45) is 2.18. The summed E-state index contributed by atoms with van der Waals surface area (Å²) in [6.45, 7) is 5.69. The first-order valence-electron chi connectivity index (χ1n) is 8.51. The van der Waals surface area contributed by atoms with Crippen molar-refractivity contribution in [3.05, 3.63) is 35.6 Å². The molecule has 0 aromatic heterocycles. The van der Waals surface area contributed by atoms with E-state index in [9.17, 15) is 14.3 Å². The number of benzene rings is 1. The van der Waals surface area contributed by atoms with Gasteiger partial charge in [-0.05, 0) is 37.0 Å². The van der Waals surface area contributed by atoms with Crippen molar-refractivity contribution in [1.29, 1.82) is 0 Å². The minimum Gasteiger partial charge on any atom is -0.392 e. The molecule has 1 saturated carbocycles. The molecule has 0 bridgehead atoms. The van der Waals surface area contributed by atoms with Gasteiger partial charge in [0.2, 0.25) is 5.91 Å². The van der Waals surface area contributed by atoms with Gasteiger partial charge < -0.3 is 10.0 Å². The van der Waals surface area contributed by atoms with Gasteiger partial charge in [-0.3, -0.25) is 9.69 Å². The number of nitrogens with zero attached hydrogens (tertiary/aromatic N) is 2. The Hall–Kier alpha value is -1.46. The SMILES string of the molecule is CC[C@@H](O)CN1CCN(C(=O)C2(c3ccc(F)cc3)CC2)CC1. The Morgan fingerprint density at radius 2 is 1.83 bits per heavy atom. The third-order valence-corrected chi connectivity index (χ3v) is 5.16. The Bertz CT molecular complexity index is 549. The molecule has 0 radical (unpaired) electrons. The van der Waals surface area contributed by atoms with Crippen LogP contribution in [-0.2, 0) is 10.2 Å². The summed E-state index contributed by atoms with van der Waals surface area (Å²) in [5, 5.41) is 9.74. The van der Waals surface area contributed by atoms with E-state index in [4.69, 9.17) is 0 Å². The molecular weight excluding hydrogens is 295 g/mol. The lowest BCUT2D eigenvalue weighted by atomic mass is 9.94. The molecule has 0 spiro atoms. The fraction of sp³-hybridized carbons (Fsp3) is 0.611. The Labute approximate surface area is 136 Å². The number of carbonyl (C=O) groups excluding carboxylic acids is 1. The number of β-amino-alcohol motifs (C(OH)–C–C–N with tert-alkyl or cyclic N) is 1. The van der Waals surface area contributed by atoms with Crippen molar-refractivity contribution in [1.82, 2.24) is 9.80 Å². The lowest BCUT2D eigenvalue weighted by Gasteiger charge is -2.37. The molecule has 1 heterocycles. The molecule has 2 aliphatic rings. The lowest BCUT2D eigenvalue weighted by molar-refractivity contribution is -0.135. The van der Waals surface area contributed by atoms with Crippen molar-refractivity contribution in [2.24, 2.45) is 0 Å². The Kier molecular flexibility index (Phi) is 4.69. The number of aliphatic hydroxyl groups is 1. The second-order valence-electron chi connectivity index (χ2n) is 6.74. The molecular formula is C18H25FN2O2. The third kappa shape index (κ3) is 3.40. The first-order valence-corrected chi connectivity index (χ1v) is 8.51. The Morgan fingerprint density at radius 1 is 1.22 bits per heavy atom. The predicted molar refractivity (Wildman–Crippen MR) is 86.6 cm³/mol. The number of aliphatic hydroxyl groups excluding tert-OH is 1. The minimum atomic E-state index is -0.418. The molecule has 1 aromatic carbocycles. The molecule has 1 atom stereocenters. The first kappa shape index (κ1) is 16.4. The maximum Gasteiger partial charge on any atom is 0.233 e. The standard InChI is InChI=1S/C18H25FN2O2/c1-2-16(22)13-20-9-11-21(12-10-20)17(23)18(7-8-18)14-3-5-15(19)6-4-14/h3-6,16,22H,2,7-13H2,1H3/t16-/m1/s1. The predicted octanol–water partition coefficient (Wildman–Crippen LogP) is 1.77. The highest BCUT2D eigenvalue weighted by atomic mass is 19.1. The van der Waals surface area contributed by atoms with Gasteiger partial charge in [-0.25, -0.2) is 4.39 Å². The monoisotopic (exact) mass is 320 g/mol. The molecule has 5 heteroatoms. The van der Waals surface area contributed by atoms with Gasteiger partial charge >= 0.3 is 0 Å². The summed E-state index contributed by atoms with van der Waals surface area (Å²) < 4.78 is 13.1. The maximum absolute atomic E-state index is 13.1. The summed E-state index contributed by atoms with van der Waals surface area (Å²) >= 11 is 0. The summed E-state index contributed by atoms with van der Waals surface area (Å²) in [5.41, 5.74) is 0.520. The molecule has 1 amide bonds. The number of halogens is 1. The first-order chi connectivity index (χ1) is 11.0. The number of hydrogen-bond acceptors (Lipinski definition) is 3. The van der Waals surface area contributed by atoms with Crippen molar-refractivity contribution >= 4 is 5.91 Å². The molecule has 3 rings (SSSR count). The molecule has 4 nitrogen and oxygen atoms in total. The van der Waals surface area contributed by atoms with Crippen molar-refractivity contribution in [3.8, 4) is 0 Å². The Balaban J connectivity index is 1.60. The van der Waals surface area contributed by atoms with Gasteiger partial charge in [0.1, 0.15) is 5.82 Å². The maximum atomic E-state index is 13.1. The summed E-state index contributed by atoms with van der Waals surface area (Å²) in [7, 11) is 0. The van der Waals surface area contributed by atoms with Gasteiger partial charge in [0.05, 0.1) is 11.5 Å².